The minimum atomic E-state index is -0.888. The Hall–Kier alpha value is -1.26. The molecule has 2 rings (SSSR count). The second-order valence-corrected chi connectivity index (χ2v) is 7.58. The van der Waals surface area contributed by atoms with Crippen LogP contribution in [-0.2, 0) is 4.79 Å². The number of carbonyl (C=O) groups is 2. The van der Waals surface area contributed by atoms with Crippen molar-refractivity contribution in [2.75, 3.05) is 6.54 Å². The van der Waals surface area contributed by atoms with Crippen LogP contribution >= 0.6 is 0 Å². The van der Waals surface area contributed by atoms with Gasteiger partial charge in [-0.05, 0) is 43.4 Å². The van der Waals surface area contributed by atoms with E-state index in [0.29, 0.717) is 18.9 Å². The lowest BCUT2D eigenvalue weighted by molar-refractivity contribution is -0.143. The van der Waals surface area contributed by atoms with Gasteiger partial charge in [-0.3, -0.25) is 0 Å². The number of likely N-dealkylation sites (tertiary alicyclic amines) is 1. The number of carboxylic acid groups (broad SMARTS) is 1. The molecule has 0 aromatic rings. The Morgan fingerprint density at radius 3 is 2.62 bits per heavy atom. The van der Waals surface area contributed by atoms with Gasteiger partial charge in [-0.2, -0.15) is 0 Å². The largest absolute Gasteiger partial charge is 0.480 e. The molecule has 0 bridgehead atoms. The molecule has 5 nitrogen and oxygen atoms in total. The van der Waals surface area contributed by atoms with Crippen molar-refractivity contribution in [1.82, 2.24) is 10.2 Å². The van der Waals surface area contributed by atoms with Crippen LogP contribution in [0.4, 0.5) is 4.79 Å². The number of nitrogens with zero attached hydrogens (tertiary/aromatic N) is 1. The van der Waals surface area contributed by atoms with Crippen LogP contribution in [0.2, 0.25) is 0 Å². The number of nitrogens with one attached hydrogen (secondary N) is 1. The Morgan fingerprint density at radius 1 is 1.29 bits per heavy atom. The van der Waals surface area contributed by atoms with Gasteiger partial charge in [0.15, 0.2) is 0 Å². The monoisotopic (exact) mass is 296 g/mol. The number of hydrogen-bond acceptors (Lipinski definition) is 2. The molecule has 1 saturated heterocycles. The average molecular weight is 296 g/mol. The van der Waals surface area contributed by atoms with E-state index >= 15 is 0 Å². The van der Waals surface area contributed by atoms with Gasteiger partial charge in [0.1, 0.15) is 6.04 Å². The summed E-state index contributed by atoms with van der Waals surface area (Å²) in [4.78, 5) is 25.4. The zero-order valence-corrected chi connectivity index (χ0v) is 13.4. The Balaban J connectivity index is 1.96. The molecular weight excluding hydrogens is 268 g/mol. The summed E-state index contributed by atoms with van der Waals surface area (Å²) in [5, 5.41) is 12.4. The average Bonchev–Trinajstić information content (AvgIpc) is 2.37. The topological polar surface area (TPSA) is 69.6 Å². The summed E-state index contributed by atoms with van der Waals surface area (Å²) < 4.78 is 0. The zero-order valence-electron chi connectivity index (χ0n) is 13.4. The number of urea groups is 1. The van der Waals surface area contributed by atoms with Gasteiger partial charge >= 0.3 is 12.0 Å². The molecule has 2 fully saturated rings. The molecule has 1 aliphatic heterocycles. The molecule has 120 valence electrons. The molecule has 21 heavy (non-hydrogen) atoms. The predicted molar refractivity (Wildman–Crippen MR) is 81.1 cm³/mol. The maximum absolute atomic E-state index is 12.5. The van der Waals surface area contributed by atoms with Gasteiger partial charge in [-0.15, -0.1) is 0 Å². The Bertz CT molecular complexity index is 408. The van der Waals surface area contributed by atoms with Gasteiger partial charge in [0, 0.05) is 12.6 Å². The van der Waals surface area contributed by atoms with E-state index in [1.807, 2.05) is 0 Å². The van der Waals surface area contributed by atoms with E-state index < -0.39 is 12.0 Å². The summed E-state index contributed by atoms with van der Waals surface area (Å²) in [7, 11) is 0. The molecule has 3 atom stereocenters. The smallest absolute Gasteiger partial charge is 0.326 e. The highest BCUT2D eigenvalue weighted by molar-refractivity contribution is 5.83. The molecular formula is C16H28N2O3. The Morgan fingerprint density at radius 2 is 2.00 bits per heavy atom. The lowest BCUT2D eigenvalue weighted by Crippen LogP contribution is -2.55. The van der Waals surface area contributed by atoms with Crippen molar-refractivity contribution in [1.29, 1.82) is 0 Å². The molecule has 0 aromatic heterocycles. The second kappa shape index (κ2) is 6.24. The summed E-state index contributed by atoms with van der Waals surface area (Å²) >= 11 is 0. The minimum Gasteiger partial charge on any atom is -0.480 e. The number of aliphatic carboxylic acids is 1. The first-order chi connectivity index (χ1) is 9.78. The highest BCUT2D eigenvalue weighted by Crippen LogP contribution is 2.35. The number of carboxylic acids is 1. The second-order valence-electron chi connectivity index (χ2n) is 7.58. The third kappa shape index (κ3) is 4.11. The summed E-state index contributed by atoms with van der Waals surface area (Å²) in [6, 6.07) is -0.697. The summed E-state index contributed by atoms with van der Waals surface area (Å²) in [6.45, 7) is 7.05. The number of amides is 2. The quantitative estimate of drug-likeness (QED) is 0.823. The number of rotatable bonds is 2. The Kier molecular flexibility index (Phi) is 4.79. The predicted octanol–water partition coefficient (Wildman–Crippen LogP) is 2.85. The highest BCUT2D eigenvalue weighted by Gasteiger charge is 2.36. The molecule has 1 aliphatic carbocycles. The van der Waals surface area contributed by atoms with Crippen LogP contribution in [0.1, 0.15) is 59.3 Å². The van der Waals surface area contributed by atoms with Crippen LogP contribution in [0, 0.1) is 11.3 Å². The van der Waals surface area contributed by atoms with E-state index in [2.05, 4.69) is 26.1 Å². The molecule has 1 saturated carbocycles. The molecule has 1 heterocycles. The zero-order chi connectivity index (χ0) is 15.6. The molecule has 0 radical (unpaired) electrons. The van der Waals surface area contributed by atoms with E-state index in [4.69, 9.17) is 0 Å². The maximum atomic E-state index is 12.5. The van der Waals surface area contributed by atoms with Crippen molar-refractivity contribution in [3.05, 3.63) is 0 Å². The lowest BCUT2D eigenvalue weighted by Gasteiger charge is -2.39. The van der Waals surface area contributed by atoms with Crippen molar-refractivity contribution in [2.24, 2.45) is 11.3 Å². The standard InChI is InChI=1S/C16H28N2O3/c1-11-6-8-18(13(9-11)14(19)20)15(21)17-12-5-4-7-16(2,3)10-12/h11-13H,4-10H2,1-3H3,(H,17,21)(H,19,20). The van der Waals surface area contributed by atoms with Crippen LogP contribution in [0.3, 0.4) is 0 Å². The van der Waals surface area contributed by atoms with E-state index in [1.165, 1.54) is 11.3 Å². The van der Waals surface area contributed by atoms with E-state index in [9.17, 15) is 14.7 Å². The summed E-state index contributed by atoms with van der Waals surface area (Å²) in [5.41, 5.74) is 0.263. The first kappa shape index (κ1) is 16.1. The van der Waals surface area contributed by atoms with Crippen LogP contribution in [0.15, 0.2) is 0 Å². The van der Waals surface area contributed by atoms with Crippen molar-refractivity contribution >= 4 is 12.0 Å². The van der Waals surface area contributed by atoms with Crippen LogP contribution in [0.25, 0.3) is 0 Å². The van der Waals surface area contributed by atoms with Crippen molar-refractivity contribution in [3.63, 3.8) is 0 Å². The molecule has 5 heteroatoms. The maximum Gasteiger partial charge on any atom is 0.326 e. The van der Waals surface area contributed by atoms with Crippen LogP contribution in [-0.4, -0.2) is 40.6 Å². The molecule has 2 amide bonds. The van der Waals surface area contributed by atoms with Gasteiger partial charge in [0.25, 0.3) is 0 Å². The number of carbonyl (C=O) groups excluding carboxylic acids is 1. The third-order valence-corrected chi connectivity index (χ3v) is 4.94. The van der Waals surface area contributed by atoms with Crippen molar-refractivity contribution < 1.29 is 14.7 Å². The van der Waals surface area contributed by atoms with Gasteiger partial charge in [-0.25, -0.2) is 9.59 Å². The first-order valence-electron chi connectivity index (χ1n) is 8.08. The van der Waals surface area contributed by atoms with E-state index in [0.717, 1.165) is 25.7 Å². The minimum absolute atomic E-state index is 0.176. The summed E-state index contributed by atoms with van der Waals surface area (Å²) in [6.07, 6.45) is 5.72. The lowest BCUT2D eigenvalue weighted by atomic mass is 9.75. The number of piperidine rings is 1. The fourth-order valence-corrected chi connectivity index (χ4v) is 3.70. The third-order valence-electron chi connectivity index (χ3n) is 4.94. The fourth-order valence-electron chi connectivity index (χ4n) is 3.70. The molecule has 0 spiro atoms. The SMILES string of the molecule is CC1CCN(C(=O)NC2CCCC(C)(C)C2)C(C(=O)O)C1. The Labute approximate surface area is 127 Å². The van der Waals surface area contributed by atoms with Crippen LogP contribution in [0.5, 0.6) is 0 Å². The van der Waals surface area contributed by atoms with E-state index in [1.54, 1.807) is 0 Å². The van der Waals surface area contributed by atoms with Crippen molar-refractivity contribution in [3.8, 4) is 0 Å². The van der Waals surface area contributed by atoms with Crippen LogP contribution < -0.4 is 5.32 Å². The normalized spacial score (nSPS) is 32.5. The fraction of sp³-hybridized carbons (Fsp3) is 0.875. The van der Waals surface area contributed by atoms with E-state index in [-0.39, 0.29) is 17.5 Å². The van der Waals surface area contributed by atoms with Gasteiger partial charge in [0.05, 0.1) is 0 Å². The first-order valence-corrected chi connectivity index (χ1v) is 8.08. The van der Waals surface area contributed by atoms with Gasteiger partial charge in [0.2, 0.25) is 0 Å². The molecule has 0 aromatic carbocycles. The van der Waals surface area contributed by atoms with Gasteiger partial charge < -0.3 is 15.3 Å². The number of hydrogen-bond donors (Lipinski definition) is 2. The summed E-state index contributed by atoms with van der Waals surface area (Å²) in [5.74, 6) is -0.524. The van der Waals surface area contributed by atoms with Gasteiger partial charge in [-0.1, -0.05) is 27.2 Å². The molecule has 3 unspecified atom stereocenters. The highest BCUT2D eigenvalue weighted by atomic mass is 16.4. The molecule has 2 N–H and O–H groups in total. The van der Waals surface area contributed by atoms with Crippen molar-refractivity contribution in [2.45, 2.75) is 71.4 Å². The molecule has 2 aliphatic rings.